The Morgan fingerprint density at radius 1 is 0.938 bits per heavy atom. The first-order valence-corrected chi connectivity index (χ1v) is 5.59. The molecule has 0 unspecified atom stereocenters. The van der Waals surface area contributed by atoms with Gasteiger partial charge in [-0.3, -0.25) is 0 Å². The van der Waals surface area contributed by atoms with Gasteiger partial charge in [0.2, 0.25) is 0 Å². The normalized spacial score (nSPS) is 10.2. The molecule has 3 nitrogen and oxygen atoms in total. The predicted octanol–water partition coefficient (Wildman–Crippen LogP) is 2.71. The molecule has 2 rings (SSSR count). The van der Waals surface area contributed by atoms with Crippen molar-refractivity contribution < 1.29 is 5.11 Å². The summed E-state index contributed by atoms with van der Waals surface area (Å²) in [5, 5.41) is 9.48. The molecule has 2 aromatic carbocycles. The molecule has 0 amide bonds. The third-order valence-electron chi connectivity index (χ3n) is 2.15. The minimum absolute atomic E-state index is 0.0968. The summed E-state index contributed by atoms with van der Waals surface area (Å²) in [4.78, 5) is 1.87. The van der Waals surface area contributed by atoms with Crippen molar-refractivity contribution in [3.63, 3.8) is 0 Å². The lowest BCUT2D eigenvalue weighted by atomic mass is 10.3. The second kappa shape index (κ2) is 4.37. The molecule has 2 aromatic rings. The van der Waals surface area contributed by atoms with Crippen molar-refractivity contribution in [3.8, 4) is 5.75 Å². The van der Waals surface area contributed by atoms with Gasteiger partial charge in [0.15, 0.2) is 0 Å². The van der Waals surface area contributed by atoms with Crippen molar-refractivity contribution in [1.29, 1.82) is 0 Å². The largest absolute Gasteiger partial charge is 0.506 e. The zero-order valence-electron chi connectivity index (χ0n) is 8.55. The Balaban J connectivity index is 2.28. The first kappa shape index (κ1) is 10.7. The van der Waals surface area contributed by atoms with Crippen LogP contribution in [-0.4, -0.2) is 5.11 Å². The lowest BCUT2D eigenvalue weighted by Crippen LogP contribution is -1.88. The van der Waals surface area contributed by atoms with Crippen LogP contribution in [0, 0.1) is 0 Å². The number of rotatable bonds is 2. The molecule has 0 fully saturated rings. The van der Waals surface area contributed by atoms with E-state index in [1.54, 1.807) is 12.1 Å². The number of phenolic OH excluding ortho intramolecular Hbond substituents is 1. The fourth-order valence-corrected chi connectivity index (χ4v) is 2.18. The minimum Gasteiger partial charge on any atom is -0.506 e. The number of hydrogen-bond acceptors (Lipinski definition) is 4. The predicted molar refractivity (Wildman–Crippen MR) is 67.5 cm³/mol. The van der Waals surface area contributed by atoms with Gasteiger partial charge in [-0.05, 0) is 30.3 Å². The highest BCUT2D eigenvalue weighted by molar-refractivity contribution is 7.99. The molecule has 0 aliphatic heterocycles. The number of hydrogen-bond donors (Lipinski definition) is 3. The molecule has 0 atom stereocenters. The Labute approximate surface area is 98.1 Å². The average molecular weight is 232 g/mol. The number of nitrogens with two attached hydrogens (primary N) is 2. The Morgan fingerprint density at radius 3 is 2.38 bits per heavy atom. The van der Waals surface area contributed by atoms with Crippen LogP contribution in [0.2, 0.25) is 0 Å². The summed E-state index contributed by atoms with van der Waals surface area (Å²) in [5.41, 5.74) is 12.5. The van der Waals surface area contributed by atoms with Crippen LogP contribution in [0.3, 0.4) is 0 Å². The molecular formula is C12H12N2OS. The Bertz CT molecular complexity index is 514. The molecular weight excluding hydrogens is 220 g/mol. The van der Waals surface area contributed by atoms with E-state index in [1.807, 2.05) is 30.3 Å². The first-order valence-electron chi connectivity index (χ1n) is 4.77. The summed E-state index contributed by atoms with van der Waals surface area (Å²) in [6.07, 6.45) is 0. The van der Waals surface area contributed by atoms with E-state index in [-0.39, 0.29) is 5.75 Å². The molecule has 0 aliphatic carbocycles. The highest BCUT2D eigenvalue weighted by Gasteiger charge is 2.03. The number of aromatic hydroxyl groups is 1. The van der Waals surface area contributed by atoms with Crippen molar-refractivity contribution in [3.05, 3.63) is 42.5 Å². The van der Waals surface area contributed by atoms with Gasteiger partial charge >= 0.3 is 0 Å². The van der Waals surface area contributed by atoms with Gasteiger partial charge in [0.1, 0.15) is 5.75 Å². The molecule has 0 saturated carbocycles. The number of benzene rings is 2. The van der Waals surface area contributed by atoms with Crippen LogP contribution in [0.1, 0.15) is 0 Å². The summed E-state index contributed by atoms with van der Waals surface area (Å²) in [6, 6.07) is 12.8. The quantitative estimate of drug-likeness (QED) is 0.550. The monoisotopic (exact) mass is 232 g/mol. The number of nitrogen functional groups attached to an aromatic ring is 2. The third-order valence-corrected chi connectivity index (χ3v) is 3.23. The molecule has 0 heterocycles. The van der Waals surface area contributed by atoms with Crippen molar-refractivity contribution in [1.82, 2.24) is 0 Å². The van der Waals surface area contributed by atoms with Crippen LogP contribution in [-0.2, 0) is 0 Å². The third kappa shape index (κ3) is 2.23. The molecule has 5 N–H and O–H groups in total. The molecule has 0 saturated heterocycles. The van der Waals surface area contributed by atoms with Crippen LogP contribution >= 0.6 is 11.8 Å². The highest BCUT2D eigenvalue weighted by atomic mass is 32.2. The first-order chi connectivity index (χ1) is 7.66. The van der Waals surface area contributed by atoms with Gasteiger partial charge in [0.25, 0.3) is 0 Å². The zero-order chi connectivity index (χ0) is 11.5. The summed E-state index contributed by atoms with van der Waals surface area (Å²) >= 11 is 1.50. The zero-order valence-corrected chi connectivity index (χ0v) is 9.37. The lowest BCUT2D eigenvalue weighted by Gasteiger charge is -2.06. The van der Waals surface area contributed by atoms with Crippen LogP contribution in [0.5, 0.6) is 5.75 Å². The fraction of sp³-hybridized carbons (Fsp3) is 0. The van der Waals surface area contributed by atoms with Crippen molar-refractivity contribution in [2.45, 2.75) is 9.79 Å². The number of anilines is 2. The van der Waals surface area contributed by atoms with E-state index < -0.39 is 0 Å². The molecule has 16 heavy (non-hydrogen) atoms. The van der Waals surface area contributed by atoms with Gasteiger partial charge in [-0.25, -0.2) is 0 Å². The maximum Gasteiger partial charge on any atom is 0.139 e. The molecule has 0 radical (unpaired) electrons. The van der Waals surface area contributed by atoms with E-state index >= 15 is 0 Å². The van der Waals surface area contributed by atoms with Crippen LogP contribution < -0.4 is 11.5 Å². The summed E-state index contributed by atoms with van der Waals surface area (Å²) < 4.78 is 0. The van der Waals surface area contributed by atoms with E-state index in [4.69, 9.17) is 11.5 Å². The molecule has 0 aromatic heterocycles. The van der Waals surface area contributed by atoms with Crippen molar-refractivity contribution in [2.24, 2.45) is 0 Å². The number of phenols is 1. The Morgan fingerprint density at radius 2 is 1.69 bits per heavy atom. The molecule has 0 spiro atoms. The average Bonchev–Trinajstić information content (AvgIpc) is 2.27. The van der Waals surface area contributed by atoms with Gasteiger partial charge in [0, 0.05) is 15.5 Å². The second-order valence-electron chi connectivity index (χ2n) is 3.36. The van der Waals surface area contributed by atoms with Crippen molar-refractivity contribution in [2.75, 3.05) is 11.5 Å². The minimum atomic E-state index is 0.0968. The van der Waals surface area contributed by atoms with E-state index in [2.05, 4.69) is 0 Å². The molecule has 0 bridgehead atoms. The molecule has 4 heteroatoms. The smallest absolute Gasteiger partial charge is 0.139 e. The second-order valence-corrected chi connectivity index (χ2v) is 4.48. The topological polar surface area (TPSA) is 72.3 Å². The van der Waals surface area contributed by atoms with Gasteiger partial charge in [0.05, 0.1) is 5.69 Å². The summed E-state index contributed by atoms with van der Waals surface area (Å²) in [7, 11) is 0. The highest BCUT2D eigenvalue weighted by Crippen LogP contribution is 2.34. The lowest BCUT2D eigenvalue weighted by molar-refractivity contribution is 0.476. The maximum absolute atomic E-state index is 9.48. The van der Waals surface area contributed by atoms with Crippen molar-refractivity contribution >= 4 is 23.1 Å². The molecule has 82 valence electrons. The van der Waals surface area contributed by atoms with E-state index in [9.17, 15) is 5.11 Å². The fourth-order valence-electron chi connectivity index (χ4n) is 1.29. The van der Waals surface area contributed by atoms with Crippen LogP contribution in [0.4, 0.5) is 11.4 Å². The van der Waals surface area contributed by atoms with Crippen LogP contribution in [0.25, 0.3) is 0 Å². The summed E-state index contributed by atoms with van der Waals surface area (Å²) in [5.74, 6) is 0.0968. The summed E-state index contributed by atoms with van der Waals surface area (Å²) in [6.45, 7) is 0. The SMILES string of the molecule is Nc1ccc(Sc2ccccc2N)cc1O. The van der Waals surface area contributed by atoms with Crippen LogP contribution in [0.15, 0.2) is 52.3 Å². The van der Waals surface area contributed by atoms with Gasteiger partial charge < -0.3 is 16.6 Å². The number of para-hydroxylation sites is 1. The van der Waals surface area contributed by atoms with Gasteiger partial charge in [-0.1, -0.05) is 23.9 Å². The molecule has 0 aliphatic rings. The van der Waals surface area contributed by atoms with Gasteiger partial charge in [-0.15, -0.1) is 0 Å². The Kier molecular flexibility index (Phi) is 2.92. The van der Waals surface area contributed by atoms with Gasteiger partial charge in [-0.2, -0.15) is 0 Å². The van der Waals surface area contributed by atoms with E-state index in [0.29, 0.717) is 5.69 Å². The Hall–Kier alpha value is -1.81. The van der Waals surface area contributed by atoms with E-state index in [0.717, 1.165) is 15.5 Å². The standard InChI is InChI=1S/C12H12N2OS/c13-9-6-5-8(7-11(9)15)16-12-4-2-1-3-10(12)14/h1-7,15H,13-14H2. The maximum atomic E-state index is 9.48. The van der Waals surface area contributed by atoms with E-state index in [1.165, 1.54) is 11.8 Å².